The van der Waals surface area contributed by atoms with E-state index in [-0.39, 0.29) is 22.5 Å². The van der Waals surface area contributed by atoms with E-state index in [4.69, 9.17) is 11.6 Å². The SMILES string of the molecule is CCN(CC)C(=O)c1ccc(NC(=O)C(C)Sc2ccc([N+](=O)[O-])cc2)cc1Cl. The largest absolute Gasteiger partial charge is 0.339 e. The van der Waals surface area contributed by atoms with Gasteiger partial charge in [-0.2, -0.15) is 0 Å². The number of hydrogen-bond donors (Lipinski definition) is 1. The van der Waals surface area contributed by atoms with E-state index in [1.165, 1.54) is 23.9 Å². The van der Waals surface area contributed by atoms with Crippen molar-refractivity contribution >= 4 is 46.6 Å². The Kier molecular flexibility index (Phi) is 8.04. The van der Waals surface area contributed by atoms with E-state index in [2.05, 4.69) is 5.32 Å². The quantitative estimate of drug-likeness (QED) is 0.363. The summed E-state index contributed by atoms with van der Waals surface area (Å²) in [5, 5.41) is 13.3. The molecule has 2 rings (SSSR count). The van der Waals surface area contributed by atoms with Crippen molar-refractivity contribution < 1.29 is 14.5 Å². The molecular weight excluding hydrogens is 414 g/mol. The van der Waals surface area contributed by atoms with Crippen molar-refractivity contribution in [2.24, 2.45) is 0 Å². The van der Waals surface area contributed by atoms with Gasteiger partial charge in [-0.1, -0.05) is 11.6 Å². The molecule has 0 aliphatic carbocycles. The lowest BCUT2D eigenvalue weighted by Crippen LogP contribution is -2.30. The minimum absolute atomic E-state index is 0.000412. The second-order valence-corrected chi connectivity index (χ2v) is 7.99. The molecule has 2 amide bonds. The van der Waals surface area contributed by atoms with Crippen LogP contribution >= 0.6 is 23.4 Å². The molecule has 0 saturated heterocycles. The van der Waals surface area contributed by atoms with Crippen LogP contribution in [0.3, 0.4) is 0 Å². The Morgan fingerprint density at radius 3 is 2.31 bits per heavy atom. The van der Waals surface area contributed by atoms with Crippen LogP contribution in [0.15, 0.2) is 47.4 Å². The molecular formula is C20H22ClN3O4S. The summed E-state index contributed by atoms with van der Waals surface area (Å²) in [5.41, 5.74) is 0.884. The molecule has 9 heteroatoms. The summed E-state index contributed by atoms with van der Waals surface area (Å²) in [6, 6.07) is 10.8. The molecule has 0 saturated carbocycles. The lowest BCUT2D eigenvalue weighted by molar-refractivity contribution is -0.384. The molecule has 2 aromatic rings. The van der Waals surface area contributed by atoms with Gasteiger partial charge in [0.05, 0.1) is 20.8 Å². The normalized spacial score (nSPS) is 11.6. The molecule has 0 aromatic heterocycles. The highest BCUT2D eigenvalue weighted by atomic mass is 35.5. The Balaban J connectivity index is 2.03. The number of benzene rings is 2. The van der Waals surface area contributed by atoms with Crippen molar-refractivity contribution in [3.63, 3.8) is 0 Å². The highest BCUT2D eigenvalue weighted by Gasteiger charge is 2.18. The molecule has 0 aliphatic rings. The number of carbonyl (C=O) groups is 2. The number of non-ortho nitro benzene ring substituents is 1. The second kappa shape index (κ2) is 10.3. The van der Waals surface area contributed by atoms with Crippen molar-refractivity contribution in [2.75, 3.05) is 18.4 Å². The van der Waals surface area contributed by atoms with Gasteiger partial charge in [0.1, 0.15) is 0 Å². The monoisotopic (exact) mass is 435 g/mol. The van der Waals surface area contributed by atoms with Gasteiger partial charge < -0.3 is 10.2 Å². The number of nitro groups is 1. The fourth-order valence-corrected chi connectivity index (χ4v) is 3.72. The summed E-state index contributed by atoms with van der Waals surface area (Å²) < 4.78 is 0. The fourth-order valence-electron chi connectivity index (χ4n) is 2.60. The summed E-state index contributed by atoms with van der Waals surface area (Å²) in [5.74, 6) is -0.396. The van der Waals surface area contributed by atoms with E-state index >= 15 is 0 Å². The Morgan fingerprint density at radius 2 is 1.79 bits per heavy atom. The molecule has 154 valence electrons. The topological polar surface area (TPSA) is 92.6 Å². The summed E-state index contributed by atoms with van der Waals surface area (Å²) in [6.45, 7) is 6.70. The predicted octanol–water partition coefficient (Wildman–Crippen LogP) is 4.85. The first kappa shape index (κ1) is 22.7. The minimum Gasteiger partial charge on any atom is -0.339 e. The van der Waals surface area contributed by atoms with Crippen LogP contribution in [0.4, 0.5) is 11.4 Å². The Morgan fingerprint density at radius 1 is 1.17 bits per heavy atom. The fraction of sp³-hybridized carbons (Fsp3) is 0.300. The average molecular weight is 436 g/mol. The molecule has 0 fully saturated rings. The molecule has 29 heavy (non-hydrogen) atoms. The first-order valence-corrected chi connectivity index (χ1v) is 10.3. The summed E-state index contributed by atoms with van der Waals surface area (Å²) in [7, 11) is 0. The molecule has 0 spiro atoms. The molecule has 1 atom stereocenters. The minimum atomic E-state index is -0.469. The van der Waals surface area contributed by atoms with Gasteiger partial charge in [-0.25, -0.2) is 0 Å². The van der Waals surface area contributed by atoms with Crippen molar-refractivity contribution in [2.45, 2.75) is 30.9 Å². The van der Waals surface area contributed by atoms with E-state index in [1.807, 2.05) is 13.8 Å². The van der Waals surface area contributed by atoms with Crippen LogP contribution in [0.1, 0.15) is 31.1 Å². The molecule has 7 nitrogen and oxygen atoms in total. The smallest absolute Gasteiger partial charge is 0.269 e. The summed E-state index contributed by atoms with van der Waals surface area (Å²) in [6.07, 6.45) is 0. The van der Waals surface area contributed by atoms with Gasteiger partial charge in [-0.3, -0.25) is 19.7 Å². The van der Waals surface area contributed by atoms with Crippen LogP contribution in [0.25, 0.3) is 0 Å². The third kappa shape index (κ3) is 5.95. The maximum absolute atomic E-state index is 12.5. The van der Waals surface area contributed by atoms with Crippen molar-refractivity contribution in [1.29, 1.82) is 0 Å². The van der Waals surface area contributed by atoms with E-state index in [0.717, 1.165) is 4.90 Å². The van der Waals surface area contributed by atoms with Gasteiger partial charge >= 0.3 is 0 Å². The molecule has 0 aliphatic heterocycles. The van der Waals surface area contributed by atoms with Gasteiger partial charge in [0.25, 0.3) is 11.6 Å². The zero-order valence-corrected chi connectivity index (χ0v) is 17.9. The molecule has 0 bridgehead atoms. The maximum Gasteiger partial charge on any atom is 0.269 e. The number of rotatable bonds is 8. The first-order chi connectivity index (χ1) is 13.8. The Labute approximate surface area is 178 Å². The number of anilines is 1. The molecule has 0 radical (unpaired) electrons. The Bertz CT molecular complexity index is 901. The van der Waals surface area contributed by atoms with Gasteiger partial charge in [0.2, 0.25) is 5.91 Å². The van der Waals surface area contributed by atoms with Crippen LogP contribution in [0, 0.1) is 10.1 Å². The summed E-state index contributed by atoms with van der Waals surface area (Å²) in [4.78, 5) is 37.6. The van der Waals surface area contributed by atoms with Gasteiger partial charge in [0, 0.05) is 35.8 Å². The second-order valence-electron chi connectivity index (χ2n) is 6.17. The zero-order chi connectivity index (χ0) is 21.6. The third-order valence-electron chi connectivity index (χ3n) is 4.25. The Hall–Kier alpha value is -2.58. The van der Waals surface area contributed by atoms with Gasteiger partial charge in [-0.05, 0) is 51.1 Å². The van der Waals surface area contributed by atoms with Crippen LogP contribution in [0.5, 0.6) is 0 Å². The number of nitro benzene ring substituents is 1. The average Bonchev–Trinajstić information content (AvgIpc) is 2.69. The standard InChI is InChI=1S/C20H22ClN3O4S/c1-4-23(5-2)20(26)17-11-6-14(12-18(17)21)22-19(25)13(3)29-16-9-7-15(8-10-16)24(27)28/h6-13H,4-5H2,1-3H3,(H,22,25). The third-order valence-corrected chi connectivity index (χ3v) is 5.67. The number of hydrogen-bond acceptors (Lipinski definition) is 5. The van der Waals surface area contributed by atoms with Crippen LogP contribution in [0.2, 0.25) is 5.02 Å². The van der Waals surface area contributed by atoms with E-state index in [9.17, 15) is 19.7 Å². The zero-order valence-electron chi connectivity index (χ0n) is 16.3. The number of nitrogens with one attached hydrogen (secondary N) is 1. The van der Waals surface area contributed by atoms with Crippen molar-refractivity contribution in [3.8, 4) is 0 Å². The number of amides is 2. The first-order valence-electron chi connectivity index (χ1n) is 9.07. The van der Waals surface area contributed by atoms with Crippen molar-refractivity contribution in [1.82, 2.24) is 4.90 Å². The van der Waals surface area contributed by atoms with Crippen LogP contribution in [-0.4, -0.2) is 40.0 Å². The van der Waals surface area contributed by atoms with E-state index in [0.29, 0.717) is 24.3 Å². The number of carbonyl (C=O) groups excluding carboxylic acids is 2. The number of nitrogens with zero attached hydrogens (tertiary/aromatic N) is 2. The molecule has 1 N–H and O–H groups in total. The highest BCUT2D eigenvalue weighted by Crippen LogP contribution is 2.27. The van der Waals surface area contributed by atoms with Crippen LogP contribution in [-0.2, 0) is 4.79 Å². The molecule has 0 heterocycles. The highest BCUT2D eigenvalue weighted by molar-refractivity contribution is 8.00. The maximum atomic E-state index is 12.5. The lowest BCUT2D eigenvalue weighted by atomic mass is 10.1. The molecule has 1 unspecified atom stereocenters. The summed E-state index contributed by atoms with van der Waals surface area (Å²) >= 11 is 7.54. The van der Waals surface area contributed by atoms with E-state index in [1.54, 1.807) is 42.2 Å². The lowest BCUT2D eigenvalue weighted by Gasteiger charge is -2.19. The van der Waals surface area contributed by atoms with Gasteiger partial charge in [0.15, 0.2) is 0 Å². The molecule has 2 aromatic carbocycles. The number of thioether (sulfide) groups is 1. The number of halogens is 1. The van der Waals surface area contributed by atoms with Gasteiger partial charge in [-0.15, -0.1) is 11.8 Å². The van der Waals surface area contributed by atoms with Crippen LogP contribution < -0.4 is 5.32 Å². The predicted molar refractivity (Wildman–Crippen MR) is 116 cm³/mol. The van der Waals surface area contributed by atoms with Crippen molar-refractivity contribution in [3.05, 3.63) is 63.2 Å². The van der Waals surface area contributed by atoms with E-state index < -0.39 is 10.2 Å².